The third-order valence-corrected chi connectivity index (χ3v) is 4.65. The molecule has 1 unspecified atom stereocenters. The number of benzene rings is 1. The van der Waals surface area contributed by atoms with Crippen LogP contribution in [0.4, 0.5) is 0 Å². The van der Waals surface area contributed by atoms with E-state index in [1.54, 1.807) is 0 Å². The van der Waals surface area contributed by atoms with Crippen LogP contribution < -0.4 is 10.1 Å². The summed E-state index contributed by atoms with van der Waals surface area (Å²) in [5, 5.41) is 3.66. The van der Waals surface area contributed by atoms with Gasteiger partial charge in [-0.2, -0.15) is 11.8 Å². The van der Waals surface area contributed by atoms with Gasteiger partial charge in [-0.15, -0.1) is 0 Å². The summed E-state index contributed by atoms with van der Waals surface area (Å²) in [5.41, 5.74) is 1.38. The third-order valence-electron chi connectivity index (χ3n) is 3.38. The summed E-state index contributed by atoms with van der Waals surface area (Å²) in [6, 6.07) is 9.15. The first-order valence-electron chi connectivity index (χ1n) is 7.91. The Kier molecular flexibility index (Phi) is 6.74. The molecule has 0 bridgehead atoms. The Balaban J connectivity index is 1.90. The highest BCUT2D eigenvalue weighted by Crippen LogP contribution is 2.28. The van der Waals surface area contributed by atoms with Gasteiger partial charge >= 0.3 is 0 Å². The predicted octanol–water partition coefficient (Wildman–Crippen LogP) is 4.41. The Morgan fingerprint density at radius 2 is 1.95 bits per heavy atom. The summed E-state index contributed by atoms with van der Waals surface area (Å²) in [4.78, 5) is 0. The molecule has 1 aliphatic carbocycles. The lowest BCUT2D eigenvalue weighted by molar-refractivity contribution is 0.303. The van der Waals surface area contributed by atoms with Gasteiger partial charge in [-0.1, -0.05) is 26.0 Å². The Bertz CT molecular complexity index is 375. The molecule has 0 spiro atoms. The lowest BCUT2D eigenvalue weighted by atomic mass is 10.1. The Labute approximate surface area is 127 Å². The molecule has 1 saturated carbocycles. The number of rotatable bonds is 10. The molecule has 1 N–H and O–H groups in total. The molecule has 1 fully saturated rings. The molecular weight excluding hydrogens is 266 g/mol. The summed E-state index contributed by atoms with van der Waals surface area (Å²) in [7, 11) is 0. The van der Waals surface area contributed by atoms with Gasteiger partial charge in [0.15, 0.2) is 0 Å². The van der Waals surface area contributed by atoms with Crippen LogP contribution in [-0.2, 0) is 0 Å². The van der Waals surface area contributed by atoms with Gasteiger partial charge in [0.25, 0.3) is 0 Å². The van der Waals surface area contributed by atoms with Gasteiger partial charge in [0, 0.05) is 11.8 Å². The monoisotopic (exact) mass is 293 g/mol. The van der Waals surface area contributed by atoms with Crippen LogP contribution in [-0.4, -0.2) is 24.2 Å². The average Bonchev–Trinajstić information content (AvgIpc) is 3.28. The van der Waals surface area contributed by atoms with Gasteiger partial charge in [-0.25, -0.2) is 0 Å². The van der Waals surface area contributed by atoms with Crippen LogP contribution in [0.5, 0.6) is 5.75 Å². The summed E-state index contributed by atoms with van der Waals surface area (Å²) >= 11 is 2.04. The van der Waals surface area contributed by atoms with Crippen LogP contribution in [0.3, 0.4) is 0 Å². The predicted molar refractivity (Wildman–Crippen MR) is 88.7 cm³/mol. The van der Waals surface area contributed by atoms with Crippen LogP contribution >= 0.6 is 11.8 Å². The van der Waals surface area contributed by atoms with Gasteiger partial charge in [0.2, 0.25) is 0 Å². The second kappa shape index (κ2) is 8.58. The smallest absolute Gasteiger partial charge is 0.119 e. The minimum Gasteiger partial charge on any atom is -0.490 e. The molecule has 0 radical (unpaired) electrons. The number of ether oxygens (including phenoxy) is 1. The molecule has 0 aliphatic heterocycles. The highest BCUT2D eigenvalue weighted by atomic mass is 32.2. The normalized spacial score (nSPS) is 16.1. The van der Waals surface area contributed by atoms with E-state index in [1.807, 2.05) is 11.8 Å². The Hall–Kier alpha value is -0.670. The molecule has 0 saturated heterocycles. The van der Waals surface area contributed by atoms with Crippen molar-refractivity contribution in [3.63, 3.8) is 0 Å². The van der Waals surface area contributed by atoms with E-state index >= 15 is 0 Å². The maximum atomic E-state index is 5.81. The van der Waals surface area contributed by atoms with Crippen molar-refractivity contribution in [3.8, 4) is 5.75 Å². The van der Waals surface area contributed by atoms with E-state index in [2.05, 4.69) is 43.4 Å². The van der Waals surface area contributed by atoms with Crippen molar-refractivity contribution in [2.75, 3.05) is 18.1 Å². The van der Waals surface area contributed by atoms with E-state index in [9.17, 15) is 0 Å². The van der Waals surface area contributed by atoms with Crippen molar-refractivity contribution in [2.45, 2.75) is 51.7 Å². The van der Waals surface area contributed by atoms with Crippen LogP contribution in [0, 0.1) is 0 Å². The van der Waals surface area contributed by atoms with Crippen LogP contribution in [0.2, 0.25) is 0 Å². The maximum absolute atomic E-state index is 5.81. The molecular formula is C17H27NOS. The van der Waals surface area contributed by atoms with Crippen LogP contribution in [0.25, 0.3) is 0 Å². The Morgan fingerprint density at radius 1 is 1.20 bits per heavy atom. The second-order valence-electron chi connectivity index (χ2n) is 5.47. The molecule has 0 heterocycles. The first-order valence-corrected chi connectivity index (χ1v) is 9.06. The van der Waals surface area contributed by atoms with E-state index < -0.39 is 0 Å². The molecule has 0 aromatic heterocycles. The number of thioether (sulfide) groups is 1. The number of nitrogens with one attached hydrogen (secondary N) is 1. The summed E-state index contributed by atoms with van der Waals surface area (Å²) in [6.07, 6.45) is 5.35. The third kappa shape index (κ3) is 5.37. The fourth-order valence-corrected chi connectivity index (χ4v) is 3.10. The SMILES string of the molecule is CCCNC(CSCCC)c1ccc(OC2CC2)cc1. The maximum Gasteiger partial charge on any atom is 0.119 e. The van der Waals surface area contributed by atoms with Crippen LogP contribution in [0.1, 0.15) is 51.1 Å². The van der Waals surface area contributed by atoms with Crippen molar-refractivity contribution in [2.24, 2.45) is 0 Å². The lowest BCUT2D eigenvalue weighted by Crippen LogP contribution is -2.24. The molecule has 2 rings (SSSR count). The van der Waals surface area contributed by atoms with E-state index in [1.165, 1.54) is 37.0 Å². The highest BCUT2D eigenvalue weighted by molar-refractivity contribution is 7.99. The molecule has 20 heavy (non-hydrogen) atoms. The fourth-order valence-electron chi connectivity index (χ4n) is 2.09. The van der Waals surface area contributed by atoms with Crippen molar-refractivity contribution in [1.29, 1.82) is 0 Å². The largest absolute Gasteiger partial charge is 0.490 e. The fraction of sp³-hybridized carbons (Fsp3) is 0.647. The van der Waals surface area contributed by atoms with E-state index in [0.717, 1.165) is 18.0 Å². The van der Waals surface area contributed by atoms with Gasteiger partial charge in [-0.05, 0) is 55.7 Å². The summed E-state index contributed by atoms with van der Waals surface area (Å²) in [5.74, 6) is 3.41. The summed E-state index contributed by atoms with van der Waals surface area (Å²) < 4.78 is 5.81. The molecule has 112 valence electrons. The molecule has 1 atom stereocenters. The first kappa shape index (κ1) is 15.7. The minimum absolute atomic E-state index is 0.460. The van der Waals surface area contributed by atoms with Crippen molar-refractivity contribution in [3.05, 3.63) is 29.8 Å². The average molecular weight is 293 g/mol. The summed E-state index contributed by atoms with van der Waals surface area (Å²) in [6.45, 7) is 5.54. The number of hydrogen-bond acceptors (Lipinski definition) is 3. The van der Waals surface area contributed by atoms with Crippen LogP contribution in [0.15, 0.2) is 24.3 Å². The molecule has 2 nitrogen and oxygen atoms in total. The zero-order valence-electron chi connectivity index (χ0n) is 12.7. The zero-order chi connectivity index (χ0) is 14.2. The van der Waals surface area contributed by atoms with E-state index in [-0.39, 0.29) is 0 Å². The van der Waals surface area contributed by atoms with Gasteiger partial charge in [0.05, 0.1) is 6.10 Å². The highest BCUT2D eigenvalue weighted by Gasteiger charge is 2.23. The standard InChI is InChI=1S/C17H27NOS/c1-3-11-18-17(13-20-12-4-2)14-5-7-15(8-6-14)19-16-9-10-16/h5-8,16-18H,3-4,9-13H2,1-2H3. The van der Waals surface area contributed by atoms with E-state index in [4.69, 9.17) is 4.74 Å². The molecule has 1 aromatic carbocycles. The topological polar surface area (TPSA) is 21.3 Å². The number of hydrogen-bond donors (Lipinski definition) is 1. The Morgan fingerprint density at radius 3 is 2.55 bits per heavy atom. The molecule has 3 heteroatoms. The van der Waals surface area contributed by atoms with E-state index in [0.29, 0.717) is 12.1 Å². The second-order valence-corrected chi connectivity index (χ2v) is 6.62. The molecule has 1 aromatic rings. The van der Waals surface area contributed by atoms with Gasteiger partial charge in [-0.3, -0.25) is 0 Å². The minimum atomic E-state index is 0.460. The van der Waals surface area contributed by atoms with Crippen molar-refractivity contribution in [1.82, 2.24) is 5.32 Å². The van der Waals surface area contributed by atoms with Crippen molar-refractivity contribution < 1.29 is 4.74 Å². The molecule has 1 aliphatic rings. The molecule has 0 amide bonds. The van der Waals surface area contributed by atoms with Crippen molar-refractivity contribution >= 4 is 11.8 Å². The van der Waals surface area contributed by atoms with Gasteiger partial charge in [0.1, 0.15) is 5.75 Å². The first-order chi connectivity index (χ1) is 9.83. The van der Waals surface area contributed by atoms with Gasteiger partial charge < -0.3 is 10.1 Å². The zero-order valence-corrected chi connectivity index (χ0v) is 13.5. The lowest BCUT2D eigenvalue weighted by Gasteiger charge is -2.19. The quantitative estimate of drug-likeness (QED) is 0.646.